The lowest BCUT2D eigenvalue weighted by atomic mass is 9.90. The maximum Gasteiger partial charge on any atom is 0.435 e. The molecule has 8 heteroatoms. The summed E-state index contributed by atoms with van der Waals surface area (Å²) in [6, 6.07) is 1.46. The van der Waals surface area contributed by atoms with Crippen LogP contribution >= 0.6 is 0 Å². The van der Waals surface area contributed by atoms with Crippen molar-refractivity contribution in [3.8, 4) is 0 Å². The summed E-state index contributed by atoms with van der Waals surface area (Å²) in [6.07, 6.45) is -12.3. The van der Waals surface area contributed by atoms with E-state index in [2.05, 4.69) is 0 Å². The first-order valence-electron chi connectivity index (χ1n) is 5.27. The Labute approximate surface area is 109 Å². The predicted molar refractivity (Wildman–Crippen MR) is 56.1 cm³/mol. The van der Waals surface area contributed by atoms with Crippen molar-refractivity contribution in [2.45, 2.75) is 31.9 Å². The van der Waals surface area contributed by atoms with Crippen LogP contribution in [-0.2, 0) is 5.67 Å². The Morgan fingerprint density at radius 3 is 1.70 bits per heavy atom. The van der Waals surface area contributed by atoms with Crippen molar-refractivity contribution >= 4 is 5.78 Å². The van der Waals surface area contributed by atoms with Gasteiger partial charge in [-0.2, -0.15) is 26.3 Å². The van der Waals surface area contributed by atoms with E-state index in [0.29, 0.717) is 12.1 Å². The van der Waals surface area contributed by atoms with Crippen LogP contribution in [0.15, 0.2) is 18.2 Å². The first-order valence-corrected chi connectivity index (χ1v) is 5.27. The predicted octanol–water partition coefficient (Wildman–Crippen LogP) is 4.49. The molecule has 0 aliphatic heterocycles. The van der Waals surface area contributed by atoms with Crippen LogP contribution in [0.25, 0.3) is 0 Å². The van der Waals surface area contributed by atoms with Gasteiger partial charge in [-0.1, -0.05) is 18.2 Å². The molecule has 20 heavy (non-hydrogen) atoms. The lowest BCUT2D eigenvalue weighted by Crippen LogP contribution is -2.50. The summed E-state index contributed by atoms with van der Waals surface area (Å²) in [5.41, 5.74) is -7.30. The molecule has 0 aliphatic rings. The minimum absolute atomic E-state index is 0.0690. The van der Waals surface area contributed by atoms with Crippen LogP contribution < -0.4 is 0 Å². The average Bonchev–Trinajstić information content (AvgIpc) is 2.24. The summed E-state index contributed by atoms with van der Waals surface area (Å²) in [6.45, 7) is 2.23. The number of carbonyl (C=O) groups excluding carboxylic acids is 1. The summed E-state index contributed by atoms with van der Waals surface area (Å²) in [7, 11) is 0. The summed E-state index contributed by atoms with van der Waals surface area (Å²) in [5.74, 6) is -0.544. The molecule has 0 spiro atoms. The van der Waals surface area contributed by atoms with Gasteiger partial charge < -0.3 is 0 Å². The molecule has 0 unspecified atom stereocenters. The molecule has 0 bridgehead atoms. The van der Waals surface area contributed by atoms with Gasteiger partial charge in [0.1, 0.15) is 0 Å². The maximum absolute atomic E-state index is 13.7. The van der Waals surface area contributed by atoms with Crippen molar-refractivity contribution in [1.82, 2.24) is 0 Å². The number of benzene rings is 1. The van der Waals surface area contributed by atoms with E-state index in [9.17, 15) is 35.5 Å². The highest BCUT2D eigenvalue weighted by molar-refractivity contribution is 5.95. The molecule has 1 nitrogen and oxygen atoms in total. The smallest absolute Gasteiger partial charge is 0.295 e. The molecule has 0 aliphatic carbocycles. The number of alkyl halides is 7. The van der Waals surface area contributed by atoms with Crippen LogP contribution in [0, 0.1) is 6.92 Å². The van der Waals surface area contributed by atoms with Gasteiger partial charge in [0.05, 0.1) is 0 Å². The number of ketones is 1. The third-order valence-corrected chi connectivity index (χ3v) is 2.78. The molecule has 0 radical (unpaired) electrons. The minimum atomic E-state index is -6.16. The summed E-state index contributed by atoms with van der Waals surface area (Å²) in [4.78, 5) is 11.1. The Bertz CT molecular complexity index is 514. The van der Waals surface area contributed by atoms with Crippen LogP contribution in [0.1, 0.15) is 28.4 Å². The van der Waals surface area contributed by atoms with Gasteiger partial charge in [0, 0.05) is 11.1 Å². The van der Waals surface area contributed by atoms with Gasteiger partial charge in [0.2, 0.25) is 0 Å². The molecule has 0 heterocycles. The highest BCUT2D eigenvalue weighted by atomic mass is 19.4. The first kappa shape index (κ1) is 16.5. The van der Waals surface area contributed by atoms with E-state index < -0.39 is 29.4 Å². The second-order valence-electron chi connectivity index (χ2n) is 4.24. The first-order chi connectivity index (χ1) is 8.82. The van der Waals surface area contributed by atoms with E-state index in [0.717, 1.165) is 19.9 Å². The van der Waals surface area contributed by atoms with E-state index in [1.54, 1.807) is 0 Å². The van der Waals surface area contributed by atoms with Gasteiger partial charge in [0.15, 0.2) is 5.78 Å². The molecule has 0 amide bonds. The second-order valence-corrected chi connectivity index (χ2v) is 4.24. The van der Waals surface area contributed by atoms with Crippen molar-refractivity contribution < 1.29 is 35.5 Å². The largest absolute Gasteiger partial charge is 0.435 e. The number of rotatable bonds is 2. The Balaban J connectivity index is 3.54. The molecule has 1 rings (SSSR count). The Morgan fingerprint density at radius 1 is 0.950 bits per heavy atom. The molecule has 0 saturated heterocycles. The lowest BCUT2D eigenvalue weighted by Gasteiger charge is -2.30. The van der Waals surface area contributed by atoms with Crippen LogP contribution in [0.5, 0.6) is 0 Å². The summed E-state index contributed by atoms with van der Waals surface area (Å²) in [5, 5.41) is 0. The minimum Gasteiger partial charge on any atom is -0.295 e. The highest BCUT2D eigenvalue weighted by Gasteiger charge is 2.73. The molecule has 1 aromatic rings. The van der Waals surface area contributed by atoms with Gasteiger partial charge in [-0.15, -0.1) is 0 Å². The van der Waals surface area contributed by atoms with Gasteiger partial charge in [-0.05, 0) is 19.4 Å². The molecule has 0 aromatic heterocycles. The fraction of sp³-hybridized carbons (Fsp3) is 0.417. The third-order valence-electron chi connectivity index (χ3n) is 2.78. The van der Waals surface area contributed by atoms with Crippen molar-refractivity contribution in [3.05, 3.63) is 34.9 Å². The highest BCUT2D eigenvalue weighted by Crippen LogP contribution is 2.53. The van der Waals surface area contributed by atoms with Gasteiger partial charge in [-0.25, -0.2) is 4.39 Å². The van der Waals surface area contributed by atoms with E-state index in [1.165, 1.54) is 0 Å². The summed E-state index contributed by atoms with van der Waals surface area (Å²) < 4.78 is 88.8. The van der Waals surface area contributed by atoms with Crippen molar-refractivity contribution in [3.63, 3.8) is 0 Å². The normalized spacial score (nSPS) is 13.4. The number of Topliss-reactive ketones (excluding diaryl/α,β-unsaturated/α-hetero) is 1. The Kier molecular flexibility index (Phi) is 3.91. The molecule has 112 valence electrons. The van der Waals surface area contributed by atoms with E-state index in [4.69, 9.17) is 0 Å². The van der Waals surface area contributed by atoms with Gasteiger partial charge in [-0.3, -0.25) is 4.79 Å². The van der Waals surface area contributed by atoms with Crippen LogP contribution in [0.3, 0.4) is 0 Å². The quantitative estimate of drug-likeness (QED) is 0.581. The summed E-state index contributed by atoms with van der Waals surface area (Å²) >= 11 is 0. The average molecular weight is 302 g/mol. The SMILES string of the molecule is CC(=O)c1ccc(C(F)(C(F)(F)F)C(F)(F)F)cc1C. The van der Waals surface area contributed by atoms with Crippen molar-refractivity contribution in [1.29, 1.82) is 0 Å². The fourth-order valence-electron chi connectivity index (χ4n) is 1.76. The van der Waals surface area contributed by atoms with E-state index in [1.807, 2.05) is 0 Å². The molecule has 1 aromatic carbocycles. The van der Waals surface area contributed by atoms with E-state index >= 15 is 0 Å². The second kappa shape index (κ2) is 4.75. The molecular weight excluding hydrogens is 293 g/mol. The maximum atomic E-state index is 13.7. The third kappa shape index (κ3) is 2.51. The fourth-order valence-corrected chi connectivity index (χ4v) is 1.76. The zero-order chi connectivity index (χ0) is 15.9. The number of hydrogen-bond donors (Lipinski definition) is 0. The van der Waals surface area contributed by atoms with Crippen molar-refractivity contribution in [2.24, 2.45) is 0 Å². The lowest BCUT2D eigenvalue weighted by molar-refractivity contribution is -0.348. The Morgan fingerprint density at radius 2 is 1.40 bits per heavy atom. The molecule has 0 N–H and O–H groups in total. The topological polar surface area (TPSA) is 17.1 Å². The van der Waals surface area contributed by atoms with E-state index in [-0.39, 0.29) is 11.1 Å². The van der Waals surface area contributed by atoms with Crippen LogP contribution in [0.4, 0.5) is 30.7 Å². The molecule has 0 fully saturated rings. The molecule has 0 saturated carbocycles. The number of hydrogen-bond acceptors (Lipinski definition) is 1. The standard InChI is InChI=1S/C12H9F7O/c1-6-5-8(3-4-9(6)7(2)20)10(13,11(14,15)16)12(17,18)19/h3-5H,1-2H3. The molecule has 0 atom stereocenters. The van der Waals surface area contributed by atoms with Crippen LogP contribution in [0.2, 0.25) is 0 Å². The monoisotopic (exact) mass is 302 g/mol. The van der Waals surface area contributed by atoms with Crippen LogP contribution in [-0.4, -0.2) is 18.1 Å². The number of aryl methyl sites for hydroxylation is 1. The number of carbonyl (C=O) groups is 1. The zero-order valence-corrected chi connectivity index (χ0v) is 10.3. The Hall–Kier alpha value is -1.60. The molecular formula is C12H9F7O. The van der Waals surface area contributed by atoms with Gasteiger partial charge in [0.25, 0.3) is 0 Å². The van der Waals surface area contributed by atoms with Gasteiger partial charge >= 0.3 is 18.0 Å². The number of halogens is 7. The van der Waals surface area contributed by atoms with Crippen molar-refractivity contribution in [2.75, 3.05) is 0 Å². The zero-order valence-electron chi connectivity index (χ0n) is 10.3.